The second-order valence-electron chi connectivity index (χ2n) is 5.75. The lowest BCUT2D eigenvalue weighted by Gasteiger charge is -2.20. The molecule has 0 aromatic carbocycles. The molecule has 1 aromatic rings. The molecule has 2 heterocycles. The monoisotopic (exact) mass is 262 g/mol. The number of nitrogen functional groups attached to an aromatic ring is 1. The van der Waals surface area contributed by atoms with Crippen LogP contribution < -0.4 is 11.1 Å². The van der Waals surface area contributed by atoms with Crippen molar-refractivity contribution in [3.05, 3.63) is 11.8 Å². The predicted octanol–water partition coefficient (Wildman–Crippen LogP) is 1.76. The van der Waals surface area contributed by atoms with Gasteiger partial charge in [-0.1, -0.05) is 12.8 Å². The number of carbonyl (C=O) groups is 1. The van der Waals surface area contributed by atoms with Crippen molar-refractivity contribution < 1.29 is 4.79 Å². The van der Waals surface area contributed by atoms with Gasteiger partial charge in [-0.05, 0) is 38.8 Å². The van der Waals surface area contributed by atoms with Crippen molar-refractivity contribution in [1.82, 2.24) is 15.1 Å². The van der Waals surface area contributed by atoms with Crippen molar-refractivity contribution >= 4 is 11.7 Å². The van der Waals surface area contributed by atoms with Crippen LogP contribution in [0.3, 0.4) is 0 Å². The minimum Gasteiger partial charge on any atom is -0.383 e. The first kappa shape index (κ1) is 12.7. The molecule has 2 aliphatic rings. The number of carbonyl (C=O) groups excluding carboxylic acids is 1. The van der Waals surface area contributed by atoms with Crippen LogP contribution in [0.4, 0.5) is 5.82 Å². The lowest BCUT2D eigenvalue weighted by Crippen LogP contribution is -2.27. The zero-order valence-corrected chi connectivity index (χ0v) is 11.3. The van der Waals surface area contributed by atoms with Crippen molar-refractivity contribution in [3.63, 3.8) is 0 Å². The number of rotatable bonds is 2. The highest BCUT2D eigenvalue weighted by molar-refractivity contribution is 5.83. The summed E-state index contributed by atoms with van der Waals surface area (Å²) in [5.41, 5.74) is 6.97. The van der Waals surface area contributed by atoms with Gasteiger partial charge in [-0.15, -0.1) is 0 Å². The molecule has 19 heavy (non-hydrogen) atoms. The predicted molar refractivity (Wildman–Crippen MR) is 74.1 cm³/mol. The molecule has 3 N–H and O–H groups in total. The van der Waals surface area contributed by atoms with Gasteiger partial charge in [0.05, 0.1) is 5.69 Å². The van der Waals surface area contributed by atoms with Gasteiger partial charge >= 0.3 is 0 Å². The molecule has 0 spiro atoms. The normalized spacial score (nSPS) is 21.9. The van der Waals surface area contributed by atoms with Gasteiger partial charge in [0.1, 0.15) is 5.82 Å². The summed E-state index contributed by atoms with van der Waals surface area (Å²) in [6, 6.07) is 1.89. The molecular formula is C14H22N4O. The Balaban J connectivity index is 1.78. The molecule has 104 valence electrons. The van der Waals surface area contributed by atoms with E-state index in [2.05, 4.69) is 10.4 Å². The van der Waals surface area contributed by atoms with Crippen molar-refractivity contribution in [3.8, 4) is 0 Å². The van der Waals surface area contributed by atoms with Gasteiger partial charge in [-0.3, -0.25) is 4.79 Å². The van der Waals surface area contributed by atoms with Gasteiger partial charge in [0.25, 0.3) is 5.91 Å². The topological polar surface area (TPSA) is 72.9 Å². The van der Waals surface area contributed by atoms with Crippen LogP contribution in [0.25, 0.3) is 0 Å². The number of nitrogens with one attached hydrogen (secondary N) is 1. The minimum atomic E-state index is 0.0928. The molecule has 0 bridgehead atoms. The number of nitrogens with zero attached hydrogens (tertiary/aromatic N) is 2. The fourth-order valence-electron chi connectivity index (χ4n) is 3.25. The first-order chi connectivity index (χ1) is 9.25. The third kappa shape index (κ3) is 2.52. The molecule has 1 aliphatic heterocycles. The molecule has 0 amide bonds. The van der Waals surface area contributed by atoms with Crippen molar-refractivity contribution in [2.45, 2.75) is 44.4 Å². The summed E-state index contributed by atoms with van der Waals surface area (Å²) >= 11 is 0. The van der Waals surface area contributed by atoms with Crippen molar-refractivity contribution in [2.24, 2.45) is 5.92 Å². The van der Waals surface area contributed by atoms with Crippen LogP contribution in [0.1, 0.15) is 54.9 Å². The van der Waals surface area contributed by atoms with Crippen LogP contribution in [-0.2, 0) is 0 Å². The fraction of sp³-hybridized carbons (Fsp3) is 0.714. The van der Waals surface area contributed by atoms with Gasteiger partial charge in [0.15, 0.2) is 0 Å². The van der Waals surface area contributed by atoms with Crippen molar-refractivity contribution in [1.29, 1.82) is 0 Å². The van der Waals surface area contributed by atoms with E-state index in [1.165, 1.54) is 4.68 Å². The Hall–Kier alpha value is -1.36. The number of hydrogen-bond donors (Lipinski definition) is 2. The molecule has 5 heteroatoms. The highest BCUT2D eigenvalue weighted by atomic mass is 16.2. The van der Waals surface area contributed by atoms with E-state index in [0.717, 1.165) is 57.3 Å². The number of hydrogen-bond acceptors (Lipinski definition) is 4. The quantitative estimate of drug-likeness (QED) is 0.852. The van der Waals surface area contributed by atoms with E-state index in [4.69, 9.17) is 5.73 Å². The number of aromatic nitrogens is 2. The third-order valence-corrected chi connectivity index (χ3v) is 4.43. The molecule has 0 unspecified atom stereocenters. The number of anilines is 1. The smallest absolute Gasteiger partial charge is 0.251 e. The maximum atomic E-state index is 12.4. The molecule has 1 saturated carbocycles. The number of piperidine rings is 1. The van der Waals surface area contributed by atoms with E-state index >= 15 is 0 Å². The molecular weight excluding hydrogens is 240 g/mol. The Morgan fingerprint density at radius 1 is 1.26 bits per heavy atom. The lowest BCUT2D eigenvalue weighted by atomic mass is 9.95. The van der Waals surface area contributed by atoms with E-state index < -0.39 is 0 Å². The molecule has 1 aromatic heterocycles. The van der Waals surface area contributed by atoms with E-state index in [0.29, 0.717) is 11.7 Å². The van der Waals surface area contributed by atoms with Crippen LogP contribution in [0, 0.1) is 5.92 Å². The minimum absolute atomic E-state index is 0.0928. The zero-order valence-electron chi connectivity index (χ0n) is 11.3. The average molecular weight is 262 g/mol. The molecule has 5 nitrogen and oxygen atoms in total. The summed E-state index contributed by atoms with van der Waals surface area (Å²) in [6.07, 6.45) is 6.43. The first-order valence-electron chi connectivity index (χ1n) is 7.36. The second kappa shape index (κ2) is 5.33. The highest BCUT2D eigenvalue weighted by Gasteiger charge is 2.27. The molecule has 1 aliphatic carbocycles. The van der Waals surface area contributed by atoms with Crippen LogP contribution >= 0.6 is 0 Å². The Morgan fingerprint density at radius 3 is 2.63 bits per heavy atom. The van der Waals surface area contributed by atoms with Crippen molar-refractivity contribution in [2.75, 3.05) is 18.8 Å². The van der Waals surface area contributed by atoms with Gasteiger partial charge in [-0.2, -0.15) is 9.78 Å². The van der Waals surface area contributed by atoms with Gasteiger partial charge in [0, 0.05) is 17.9 Å². The standard InChI is InChI=1S/C14H22N4O/c15-13-9-12(10-5-7-16-8-6-10)17-18(13)14(19)11-3-1-2-4-11/h9-11,16H,1-8,15H2. The molecule has 3 rings (SSSR count). The molecule has 1 saturated heterocycles. The van der Waals surface area contributed by atoms with Gasteiger partial charge in [-0.25, -0.2) is 0 Å². The largest absolute Gasteiger partial charge is 0.383 e. The van der Waals surface area contributed by atoms with Gasteiger partial charge < -0.3 is 11.1 Å². The summed E-state index contributed by atoms with van der Waals surface area (Å²) in [5.74, 6) is 1.17. The summed E-state index contributed by atoms with van der Waals surface area (Å²) < 4.78 is 1.45. The summed E-state index contributed by atoms with van der Waals surface area (Å²) in [5, 5.41) is 7.83. The average Bonchev–Trinajstić information content (AvgIpc) is 3.08. The highest BCUT2D eigenvalue weighted by Crippen LogP contribution is 2.29. The van der Waals surface area contributed by atoms with Crippen LogP contribution in [-0.4, -0.2) is 28.8 Å². The van der Waals surface area contributed by atoms with E-state index in [9.17, 15) is 4.79 Å². The summed E-state index contributed by atoms with van der Waals surface area (Å²) in [7, 11) is 0. The molecule has 0 atom stereocenters. The van der Waals surface area contributed by atoms with Gasteiger partial charge in [0.2, 0.25) is 0 Å². The van der Waals surface area contributed by atoms with Crippen LogP contribution in [0.2, 0.25) is 0 Å². The van der Waals surface area contributed by atoms with E-state index in [-0.39, 0.29) is 11.8 Å². The summed E-state index contributed by atoms with van der Waals surface area (Å²) in [4.78, 5) is 12.4. The Morgan fingerprint density at radius 2 is 1.95 bits per heavy atom. The first-order valence-corrected chi connectivity index (χ1v) is 7.36. The van der Waals surface area contributed by atoms with Crippen LogP contribution in [0.5, 0.6) is 0 Å². The lowest BCUT2D eigenvalue weighted by molar-refractivity contribution is 0.0822. The zero-order chi connectivity index (χ0) is 13.2. The Labute approximate surface area is 113 Å². The number of nitrogens with two attached hydrogens (primary N) is 1. The Kier molecular flexibility index (Phi) is 3.55. The van der Waals surface area contributed by atoms with E-state index in [1.807, 2.05) is 6.07 Å². The third-order valence-electron chi connectivity index (χ3n) is 4.43. The second-order valence-corrected chi connectivity index (χ2v) is 5.75. The van der Waals surface area contributed by atoms with E-state index in [1.54, 1.807) is 0 Å². The maximum Gasteiger partial charge on any atom is 0.251 e. The fourth-order valence-corrected chi connectivity index (χ4v) is 3.25. The molecule has 2 fully saturated rings. The molecule has 0 radical (unpaired) electrons. The maximum absolute atomic E-state index is 12.4. The Bertz CT molecular complexity index is 456. The van der Waals surface area contributed by atoms with Crippen LogP contribution in [0.15, 0.2) is 6.07 Å². The summed E-state index contributed by atoms with van der Waals surface area (Å²) in [6.45, 7) is 2.04. The SMILES string of the molecule is Nc1cc(C2CCNCC2)nn1C(=O)C1CCCC1.